The van der Waals surface area contributed by atoms with Crippen LogP contribution in [-0.2, 0) is 11.3 Å². The second-order valence-corrected chi connectivity index (χ2v) is 9.90. The Labute approximate surface area is 233 Å². The molecule has 0 aliphatic rings. The van der Waals surface area contributed by atoms with Crippen LogP contribution in [-0.4, -0.2) is 32.8 Å². The van der Waals surface area contributed by atoms with Gasteiger partial charge in [-0.15, -0.1) is 0 Å². The molecule has 0 aliphatic heterocycles. The second-order valence-electron chi connectivity index (χ2n) is 9.90. The normalized spacial score (nSPS) is 12.1. The van der Waals surface area contributed by atoms with Crippen molar-refractivity contribution in [2.45, 2.75) is 45.3 Å². The molecule has 1 unspecified atom stereocenters. The molecular weight excluding hydrogens is 507 g/mol. The molecule has 3 N–H and O–H groups in total. The monoisotopic (exact) mass is 540 g/mol. The molecule has 3 aromatic carbocycles. The van der Waals surface area contributed by atoms with Gasteiger partial charge in [0.15, 0.2) is 0 Å². The van der Waals surface area contributed by atoms with E-state index in [-0.39, 0.29) is 24.1 Å². The number of amides is 1. The Kier molecular flexibility index (Phi) is 9.30. The number of aromatic nitrogens is 1. The predicted octanol–water partition coefficient (Wildman–Crippen LogP) is 7.12. The van der Waals surface area contributed by atoms with E-state index in [1.165, 1.54) is 18.2 Å². The lowest BCUT2D eigenvalue weighted by Crippen LogP contribution is -2.17. The zero-order valence-corrected chi connectivity index (χ0v) is 22.5. The quantitative estimate of drug-likeness (QED) is 0.177. The molecule has 6 nitrogen and oxygen atoms in total. The molecule has 40 heavy (non-hydrogen) atoms. The number of anilines is 1. The van der Waals surface area contributed by atoms with Crippen molar-refractivity contribution in [1.82, 2.24) is 4.57 Å². The highest BCUT2D eigenvalue weighted by molar-refractivity contribution is 6.12. The Bertz CT molecular complexity index is 1480. The van der Waals surface area contributed by atoms with Crippen LogP contribution in [0.2, 0.25) is 0 Å². The number of carbonyl (C=O) groups excluding carboxylic acids is 1. The highest BCUT2D eigenvalue weighted by Gasteiger charge is 2.30. The smallest absolute Gasteiger partial charge is 0.327 e. The van der Waals surface area contributed by atoms with Crippen LogP contribution >= 0.6 is 0 Å². The number of hydrogen-bond donors (Lipinski definition) is 3. The predicted molar refractivity (Wildman–Crippen MR) is 156 cm³/mol. The minimum absolute atomic E-state index is 0.0720. The molecule has 1 heterocycles. The van der Waals surface area contributed by atoms with Gasteiger partial charge in [0.05, 0.1) is 17.4 Å². The van der Waals surface area contributed by atoms with E-state index in [2.05, 4.69) is 5.32 Å². The number of rotatable bonds is 11. The maximum Gasteiger partial charge on any atom is 0.327 e. The average Bonchev–Trinajstić information content (AvgIpc) is 3.29. The van der Waals surface area contributed by atoms with Crippen LogP contribution in [0.1, 0.15) is 48.7 Å². The average molecular weight is 541 g/mol. The van der Waals surface area contributed by atoms with E-state index < -0.39 is 12.1 Å². The summed E-state index contributed by atoms with van der Waals surface area (Å²) in [7, 11) is 0. The number of halogens is 1. The summed E-state index contributed by atoms with van der Waals surface area (Å²) in [5.41, 5.74) is 5.03. The van der Waals surface area contributed by atoms with Gasteiger partial charge in [-0.3, -0.25) is 4.79 Å². The van der Waals surface area contributed by atoms with Crippen molar-refractivity contribution in [3.05, 3.63) is 114 Å². The van der Waals surface area contributed by atoms with E-state index in [9.17, 15) is 19.1 Å². The fraction of sp³-hybridized carbons (Fsp3) is 0.212. The van der Waals surface area contributed by atoms with Gasteiger partial charge < -0.3 is 20.1 Å². The molecule has 4 aromatic rings. The Hall–Kier alpha value is -4.49. The number of carboxylic acids is 1. The van der Waals surface area contributed by atoms with Gasteiger partial charge in [-0.05, 0) is 66.3 Å². The van der Waals surface area contributed by atoms with E-state index >= 15 is 0 Å². The molecule has 1 aromatic heterocycles. The summed E-state index contributed by atoms with van der Waals surface area (Å²) in [6.07, 6.45) is 2.16. The van der Waals surface area contributed by atoms with Gasteiger partial charge >= 0.3 is 5.97 Å². The third-order valence-electron chi connectivity index (χ3n) is 6.64. The highest BCUT2D eigenvalue weighted by Crippen LogP contribution is 2.42. The molecule has 1 amide bonds. The van der Waals surface area contributed by atoms with E-state index in [1.54, 1.807) is 12.1 Å². The minimum Gasteiger partial charge on any atom is -0.478 e. The van der Waals surface area contributed by atoms with E-state index in [1.807, 2.05) is 79.1 Å². The van der Waals surface area contributed by atoms with Crippen molar-refractivity contribution >= 4 is 17.6 Å². The standard InChI is InChI=1S/C33H33FN2O4/c1-22(2)31-30(33(40)35-26-12-7-4-8-13-26)29(23-10-5-3-6-11-23)32(24-16-18-25(34)19-17-24)36(31)21-20-27(37)14-9-15-28(38)39/h3-13,15-19,22,27,37H,14,20-21H2,1-2H3,(H,35,40)(H,38,39)/b15-9-. The summed E-state index contributed by atoms with van der Waals surface area (Å²) >= 11 is 0. The van der Waals surface area contributed by atoms with Gasteiger partial charge in [0.2, 0.25) is 0 Å². The molecule has 0 bridgehead atoms. The summed E-state index contributed by atoms with van der Waals surface area (Å²) in [4.78, 5) is 24.9. The summed E-state index contributed by atoms with van der Waals surface area (Å²) in [5, 5.41) is 22.6. The molecule has 0 fully saturated rings. The third-order valence-corrected chi connectivity index (χ3v) is 6.64. The molecule has 0 radical (unpaired) electrons. The fourth-order valence-electron chi connectivity index (χ4n) is 4.93. The van der Waals surface area contributed by atoms with Crippen LogP contribution < -0.4 is 5.32 Å². The van der Waals surface area contributed by atoms with E-state index in [4.69, 9.17) is 5.11 Å². The molecule has 206 valence electrons. The Morgan fingerprint density at radius 3 is 2.15 bits per heavy atom. The summed E-state index contributed by atoms with van der Waals surface area (Å²) in [6, 6.07) is 25.0. The zero-order valence-electron chi connectivity index (χ0n) is 22.5. The van der Waals surface area contributed by atoms with Gasteiger partial charge in [-0.2, -0.15) is 0 Å². The first kappa shape index (κ1) is 28.5. The Balaban J connectivity index is 1.92. The number of carboxylic acid groups (broad SMARTS) is 1. The number of aliphatic carboxylic acids is 1. The molecule has 0 spiro atoms. The van der Waals surface area contributed by atoms with Gasteiger partial charge in [-0.1, -0.05) is 68.5 Å². The lowest BCUT2D eigenvalue weighted by Gasteiger charge is -2.19. The number of benzene rings is 3. The molecule has 1 atom stereocenters. The SMILES string of the molecule is CC(C)c1c(C(=O)Nc2ccccc2)c(-c2ccccc2)c(-c2ccc(F)cc2)n1CCC(O)C/C=C\C(=O)O. The molecule has 7 heteroatoms. The lowest BCUT2D eigenvalue weighted by molar-refractivity contribution is -0.131. The van der Waals surface area contributed by atoms with Crippen molar-refractivity contribution in [1.29, 1.82) is 0 Å². The van der Waals surface area contributed by atoms with E-state index in [0.29, 0.717) is 24.2 Å². The molecule has 0 aliphatic carbocycles. The van der Waals surface area contributed by atoms with Crippen LogP contribution in [0.15, 0.2) is 97.1 Å². The second kappa shape index (κ2) is 13.0. The maximum atomic E-state index is 14.0. The zero-order chi connectivity index (χ0) is 28.6. The molecular formula is C33H33FN2O4. The number of hydrogen-bond acceptors (Lipinski definition) is 3. The lowest BCUT2D eigenvalue weighted by atomic mass is 9.94. The first-order valence-electron chi connectivity index (χ1n) is 13.3. The van der Waals surface area contributed by atoms with Crippen molar-refractivity contribution < 1.29 is 24.2 Å². The summed E-state index contributed by atoms with van der Waals surface area (Å²) in [6.45, 7) is 4.39. The van der Waals surface area contributed by atoms with Crippen molar-refractivity contribution in [2.75, 3.05) is 5.32 Å². The largest absolute Gasteiger partial charge is 0.478 e. The van der Waals surface area contributed by atoms with Crippen LogP contribution in [0.25, 0.3) is 22.4 Å². The number of carbonyl (C=O) groups is 2. The van der Waals surface area contributed by atoms with Gasteiger partial charge in [0, 0.05) is 29.6 Å². The van der Waals surface area contributed by atoms with Crippen molar-refractivity contribution in [3.63, 3.8) is 0 Å². The molecule has 0 saturated heterocycles. The molecule has 0 saturated carbocycles. The van der Waals surface area contributed by atoms with E-state index in [0.717, 1.165) is 34.2 Å². The summed E-state index contributed by atoms with van der Waals surface area (Å²) < 4.78 is 16.0. The van der Waals surface area contributed by atoms with Crippen LogP contribution in [0, 0.1) is 5.82 Å². The topological polar surface area (TPSA) is 91.6 Å². The number of aliphatic hydroxyl groups is 1. The first-order chi connectivity index (χ1) is 19.3. The Morgan fingerprint density at radius 1 is 0.925 bits per heavy atom. The number of aliphatic hydroxyl groups excluding tert-OH is 1. The van der Waals surface area contributed by atoms with Gasteiger partial charge in [-0.25, -0.2) is 9.18 Å². The maximum absolute atomic E-state index is 14.0. The van der Waals surface area contributed by atoms with Crippen LogP contribution in [0.3, 0.4) is 0 Å². The van der Waals surface area contributed by atoms with Crippen molar-refractivity contribution in [2.24, 2.45) is 0 Å². The molecule has 4 rings (SSSR count). The van der Waals surface area contributed by atoms with Gasteiger partial charge in [0.1, 0.15) is 5.82 Å². The Morgan fingerprint density at radius 2 is 1.55 bits per heavy atom. The number of nitrogens with one attached hydrogen (secondary N) is 1. The summed E-state index contributed by atoms with van der Waals surface area (Å²) in [5.74, 6) is -1.77. The van der Waals surface area contributed by atoms with Gasteiger partial charge in [0.25, 0.3) is 5.91 Å². The van der Waals surface area contributed by atoms with Crippen LogP contribution in [0.5, 0.6) is 0 Å². The fourth-order valence-corrected chi connectivity index (χ4v) is 4.93. The first-order valence-corrected chi connectivity index (χ1v) is 13.3. The third kappa shape index (κ3) is 6.74. The van der Waals surface area contributed by atoms with Crippen molar-refractivity contribution in [3.8, 4) is 22.4 Å². The number of para-hydroxylation sites is 1. The highest BCUT2D eigenvalue weighted by atomic mass is 19.1. The number of nitrogens with zero attached hydrogens (tertiary/aromatic N) is 1. The van der Waals surface area contributed by atoms with Crippen LogP contribution in [0.4, 0.5) is 10.1 Å². The minimum atomic E-state index is -1.07.